The summed E-state index contributed by atoms with van der Waals surface area (Å²) in [6.07, 6.45) is 1.51. The molecule has 3 N–H and O–H groups in total. The summed E-state index contributed by atoms with van der Waals surface area (Å²) in [6, 6.07) is 7.55. The summed E-state index contributed by atoms with van der Waals surface area (Å²) in [5.41, 5.74) is -0.0206. The Morgan fingerprint density at radius 1 is 0.976 bits per heavy atom. The van der Waals surface area contributed by atoms with Gasteiger partial charge in [0.05, 0.1) is 23.0 Å². The fourth-order valence-corrected chi connectivity index (χ4v) is 8.55. The number of carbonyl (C=O) groups excluding carboxylic acids is 4. The fourth-order valence-electron chi connectivity index (χ4n) is 6.95. The predicted octanol–water partition coefficient (Wildman–Crippen LogP) is 4.37. The highest BCUT2D eigenvalue weighted by molar-refractivity contribution is 9.09. The van der Waals surface area contributed by atoms with Crippen LogP contribution in [0, 0.1) is 17.8 Å². The number of likely N-dealkylation sites (tertiary alicyclic amines) is 1. The number of nitrogens with zero attached hydrogens (tertiary/aromatic N) is 2. The van der Waals surface area contributed by atoms with Crippen LogP contribution in [-0.4, -0.2) is 65.0 Å². The van der Waals surface area contributed by atoms with Crippen LogP contribution in [0.15, 0.2) is 48.0 Å². The molecular weight excluding hydrogens is 679 g/mol. The van der Waals surface area contributed by atoms with E-state index in [-0.39, 0.29) is 40.3 Å². The van der Waals surface area contributed by atoms with E-state index in [1.165, 1.54) is 24.3 Å². The number of carbonyl (C=O) groups is 5. The van der Waals surface area contributed by atoms with E-state index in [2.05, 4.69) is 15.9 Å². The van der Waals surface area contributed by atoms with Crippen LogP contribution >= 0.6 is 50.7 Å². The number of allylic oxidation sites excluding steroid dienone is 2. The highest BCUT2D eigenvalue weighted by Gasteiger charge is 2.76. The first-order valence-corrected chi connectivity index (χ1v) is 15.0. The van der Waals surface area contributed by atoms with E-state index >= 15 is 0 Å². The molecule has 1 saturated carbocycles. The molecule has 6 rings (SSSR count). The molecule has 0 spiro atoms. The van der Waals surface area contributed by atoms with Crippen molar-refractivity contribution in [3.05, 3.63) is 64.2 Å². The van der Waals surface area contributed by atoms with E-state index < -0.39 is 74.3 Å². The van der Waals surface area contributed by atoms with Gasteiger partial charge in [0, 0.05) is 22.6 Å². The van der Waals surface area contributed by atoms with Crippen molar-refractivity contribution >= 4 is 86.0 Å². The molecule has 2 aliphatic heterocycles. The van der Waals surface area contributed by atoms with Crippen molar-refractivity contribution in [1.82, 2.24) is 4.90 Å². The number of carboxylic acid groups (broad SMARTS) is 1. The highest BCUT2D eigenvalue weighted by Crippen LogP contribution is 2.66. The van der Waals surface area contributed by atoms with Crippen LogP contribution in [-0.2, 0) is 19.2 Å². The Morgan fingerprint density at radius 3 is 2.33 bits per heavy atom. The van der Waals surface area contributed by atoms with Crippen molar-refractivity contribution in [3.63, 3.8) is 0 Å². The van der Waals surface area contributed by atoms with Crippen LogP contribution in [0.5, 0.6) is 11.5 Å². The number of aromatic carboxylic acids is 1. The molecule has 4 aliphatic rings. The molecule has 10 nitrogen and oxygen atoms in total. The molecule has 2 heterocycles. The van der Waals surface area contributed by atoms with Gasteiger partial charge < -0.3 is 15.3 Å². The van der Waals surface area contributed by atoms with E-state index in [1.807, 2.05) is 0 Å². The molecule has 0 bridgehead atoms. The molecule has 0 radical (unpaired) electrons. The lowest BCUT2D eigenvalue weighted by atomic mass is 9.56. The first-order valence-electron chi connectivity index (χ1n) is 12.7. The van der Waals surface area contributed by atoms with Crippen molar-refractivity contribution in [1.29, 1.82) is 0 Å². The summed E-state index contributed by atoms with van der Waals surface area (Å²) in [4.78, 5) is 64.0. The molecule has 6 atom stereocenters. The van der Waals surface area contributed by atoms with Crippen molar-refractivity contribution in [2.75, 3.05) is 10.4 Å². The van der Waals surface area contributed by atoms with Gasteiger partial charge in [-0.2, -0.15) is 0 Å². The van der Waals surface area contributed by atoms with Crippen LogP contribution in [0.3, 0.4) is 0 Å². The summed E-state index contributed by atoms with van der Waals surface area (Å²) < 4.78 is 0. The van der Waals surface area contributed by atoms with Crippen LogP contribution in [0.1, 0.15) is 34.7 Å². The number of fused-ring (bicyclic) bond motifs is 4. The Hall–Kier alpha value is -3.12. The van der Waals surface area contributed by atoms with Gasteiger partial charge in [-0.05, 0) is 49.1 Å². The molecule has 4 amide bonds. The van der Waals surface area contributed by atoms with Crippen molar-refractivity contribution in [2.45, 2.75) is 28.5 Å². The number of phenolic OH excluding ortho intramolecular Hbond substituents is 1. The average molecular weight is 699 g/mol. The zero-order valence-corrected chi connectivity index (χ0v) is 25.1. The zero-order valence-electron chi connectivity index (χ0n) is 21.3. The monoisotopic (exact) mass is 696 g/mol. The number of halogens is 4. The van der Waals surface area contributed by atoms with Crippen molar-refractivity contribution < 1.29 is 39.3 Å². The number of hydrogen-bond donors (Lipinski definition) is 3. The number of rotatable bonds is 4. The molecule has 2 aliphatic carbocycles. The van der Waals surface area contributed by atoms with Gasteiger partial charge in [0.25, 0.3) is 11.8 Å². The second-order valence-corrected chi connectivity index (χ2v) is 12.9. The standard InChI is InChI=1S/C28H20BrCl3N2O8/c29-10-33-25(41)27(31)9-17-13(21(28(27,32)26(33)42)16-7-11(30)1-6-18(16)35)4-5-15-20(17)23(38)34(22(15)37)12-2-3-14(24(39)40)19(36)8-12/h1-4,6-8,15,17,20-21,35-36H,5,9-10H2,(H,39,40). The van der Waals surface area contributed by atoms with E-state index in [1.54, 1.807) is 6.08 Å². The van der Waals surface area contributed by atoms with Crippen molar-refractivity contribution in [2.24, 2.45) is 17.8 Å². The number of alkyl halides is 3. The minimum Gasteiger partial charge on any atom is -0.508 e. The third kappa shape index (κ3) is 3.66. The molecule has 2 aromatic carbocycles. The molecule has 0 aromatic heterocycles. The van der Waals surface area contributed by atoms with E-state index in [4.69, 9.17) is 34.8 Å². The number of aromatic hydroxyl groups is 2. The molecule has 2 saturated heterocycles. The molecule has 2 aromatic rings. The van der Waals surface area contributed by atoms with Crippen LogP contribution < -0.4 is 4.90 Å². The lowest BCUT2D eigenvalue weighted by Gasteiger charge is -2.50. The largest absolute Gasteiger partial charge is 0.508 e. The smallest absolute Gasteiger partial charge is 0.339 e. The lowest BCUT2D eigenvalue weighted by molar-refractivity contribution is -0.138. The van der Waals surface area contributed by atoms with E-state index in [0.29, 0.717) is 5.57 Å². The summed E-state index contributed by atoms with van der Waals surface area (Å²) >= 11 is 23.7. The second-order valence-electron chi connectivity index (χ2n) is 10.7. The predicted molar refractivity (Wildman–Crippen MR) is 154 cm³/mol. The van der Waals surface area contributed by atoms with Gasteiger partial charge in [-0.25, -0.2) is 9.69 Å². The topological polar surface area (TPSA) is 153 Å². The summed E-state index contributed by atoms with van der Waals surface area (Å²) in [6.45, 7) is 0. The maximum absolute atomic E-state index is 14.0. The van der Waals surface area contributed by atoms with Crippen LogP contribution in [0.4, 0.5) is 5.69 Å². The minimum absolute atomic E-state index is 0.0202. The van der Waals surface area contributed by atoms with Gasteiger partial charge >= 0.3 is 5.97 Å². The zero-order chi connectivity index (χ0) is 30.5. The van der Waals surface area contributed by atoms with Gasteiger partial charge in [-0.1, -0.05) is 39.2 Å². The van der Waals surface area contributed by atoms with Crippen LogP contribution in [0.2, 0.25) is 5.02 Å². The van der Waals surface area contributed by atoms with E-state index in [9.17, 15) is 39.3 Å². The van der Waals surface area contributed by atoms with Gasteiger partial charge in [0.1, 0.15) is 17.1 Å². The number of amides is 4. The maximum atomic E-state index is 14.0. The Morgan fingerprint density at radius 2 is 1.69 bits per heavy atom. The summed E-state index contributed by atoms with van der Waals surface area (Å²) in [5, 5.41) is 30.6. The van der Waals surface area contributed by atoms with Crippen molar-refractivity contribution in [3.8, 4) is 11.5 Å². The Balaban J connectivity index is 1.51. The highest BCUT2D eigenvalue weighted by atomic mass is 79.9. The van der Waals surface area contributed by atoms with Gasteiger partial charge in [0.15, 0.2) is 9.75 Å². The molecule has 14 heteroatoms. The van der Waals surface area contributed by atoms with Gasteiger partial charge in [-0.15, -0.1) is 23.2 Å². The Kier molecular flexibility index (Phi) is 6.69. The average Bonchev–Trinajstić information content (AvgIpc) is 3.27. The minimum atomic E-state index is -2.10. The second kappa shape index (κ2) is 9.70. The third-order valence-electron chi connectivity index (χ3n) is 8.79. The SMILES string of the molecule is O=C(O)c1ccc(N2C(=O)C3CC=C4C(CC5(Cl)C(=O)N(CBr)C(=O)C5(Cl)C4c4cc(Cl)ccc4O)C3C2=O)cc1O. The maximum Gasteiger partial charge on any atom is 0.339 e. The molecule has 6 unspecified atom stereocenters. The quantitative estimate of drug-likeness (QED) is 0.184. The number of carboxylic acids is 1. The molecular formula is C28H20BrCl3N2O8. The van der Waals surface area contributed by atoms with Gasteiger partial charge in [-0.3, -0.25) is 24.1 Å². The normalized spacial score (nSPS) is 32.0. The molecule has 42 heavy (non-hydrogen) atoms. The number of phenols is 2. The molecule has 218 valence electrons. The summed E-state index contributed by atoms with van der Waals surface area (Å²) in [7, 11) is 0. The Labute approximate surface area is 261 Å². The molecule has 3 fully saturated rings. The third-order valence-corrected chi connectivity index (χ3v) is 10.9. The number of imide groups is 2. The number of benzene rings is 2. The first kappa shape index (κ1) is 29.0. The Bertz CT molecular complexity index is 1670. The number of anilines is 1. The fraction of sp³-hybridized carbons (Fsp3) is 0.321. The summed E-state index contributed by atoms with van der Waals surface area (Å²) in [5.74, 6) is -8.99. The number of hydrogen-bond acceptors (Lipinski definition) is 7. The van der Waals surface area contributed by atoms with Gasteiger partial charge in [0.2, 0.25) is 11.8 Å². The first-order chi connectivity index (χ1) is 19.8. The van der Waals surface area contributed by atoms with Crippen LogP contribution in [0.25, 0.3) is 0 Å². The lowest BCUT2D eigenvalue weighted by Crippen LogP contribution is -2.60. The van der Waals surface area contributed by atoms with E-state index in [0.717, 1.165) is 21.9 Å².